The van der Waals surface area contributed by atoms with Crippen molar-refractivity contribution in [1.29, 1.82) is 0 Å². The van der Waals surface area contributed by atoms with E-state index >= 15 is 0 Å². The van der Waals surface area contributed by atoms with Gasteiger partial charge in [-0.25, -0.2) is 0 Å². The predicted molar refractivity (Wildman–Crippen MR) is 85.6 cm³/mol. The van der Waals surface area contributed by atoms with Gasteiger partial charge in [-0.05, 0) is 31.0 Å². The molecule has 0 aliphatic carbocycles. The van der Waals surface area contributed by atoms with Crippen molar-refractivity contribution in [3.8, 4) is 11.5 Å². The number of hydrogen-bond acceptors (Lipinski definition) is 4. The zero-order valence-corrected chi connectivity index (χ0v) is 13.9. The van der Waals surface area contributed by atoms with Crippen molar-refractivity contribution in [2.75, 3.05) is 25.5 Å². The molecule has 0 saturated carbocycles. The molecule has 0 aromatic heterocycles. The Bertz CT molecular complexity index is 490. The Morgan fingerprint density at radius 1 is 1.24 bits per heavy atom. The first-order valence-corrected chi connectivity index (χ1v) is 8.95. The van der Waals surface area contributed by atoms with Crippen LogP contribution in [0.25, 0.3) is 0 Å². The second-order valence-corrected chi connectivity index (χ2v) is 7.12. The third kappa shape index (κ3) is 4.45. The Morgan fingerprint density at radius 2 is 1.95 bits per heavy atom. The van der Waals surface area contributed by atoms with Crippen LogP contribution in [0.2, 0.25) is 0 Å². The third-order valence-electron chi connectivity index (χ3n) is 3.57. The molecule has 1 aliphatic rings. The molecule has 118 valence electrons. The highest BCUT2D eigenvalue weighted by Gasteiger charge is 2.19. The van der Waals surface area contributed by atoms with E-state index in [9.17, 15) is 4.21 Å². The summed E-state index contributed by atoms with van der Waals surface area (Å²) in [4.78, 5) is 0.809. The second-order valence-electron chi connectivity index (χ2n) is 5.62. The summed E-state index contributed by atoms with van der Waals surface area (Å²) in [6, 6.07) is 5.84. The first kappa shape index (κ1) is 16.3. The van der Waals surface area contributed by atoms with Crippen LogP contribution in [-0.2, 0) is 10.8 Å². The van der Waals surface area contributed by atoms with Crippen LogP contribution in [0, 0.1) is 5.92 Å². The van der Waals surface area contributed by atoms with E-state index in [-0.39, 0.29) is 6.04 Å². The van der Waals surface area contributed by atoms with E-state index < -0.39 is 10.8 Å². The first-order valence-electron chi connectivity index (χ1n) is 7.63. The molecule has 1 aromatic rings. The highest BCUT2D eigenvalue weighted by atomic mass is 32.2. The number of fused-ring (bicyclic) bond motifs is 1. The summed E-state index contributed by atoms with van der Waals surface area (Å²) < 4.78 is 23.6. The fourth-order valence-corrected chi connectivity index (χ4v) is 3.72. The third-order valence-corrected chi connectivity index (χ3v) is 5.01. The molecular formula is C16H25NO3S. The molecule has 0 bridgehead atoms. The van der Waals surface area contributed by atoms with E-state index in [0.717, 1.165) is 23.6 Å². The number of ether oxygens (including phenoxy) is 2. The highest BCUT2D eigenvalue weighted by molar-refractivity contribution is 7.85. The average molecular weight is 311 g/mol. The van der Waals surface area contributed by atoms with Crippen molar-refractivity contribution in [3.63, 3.8) is 0 Å². The van der Waals surface area contributed by atoms with Gasteiger partial charge in [0.2, 0.25) is 0 Å². The molecule has 2 unspecified atom stereocenters. The molecule has 0 amide bonds. The Labute approximate surface area is 129 Å². The predicted octanol–water partition coefficient (Wildman–Crippen LogP) is 2.59. The van der Waals surface area contributed by atoms with Gasteiger partial charge in [-0.15, -0.1) is 0 Å². The van der Waals surface area contributed by atoms with Crippen LogP contribution in [0.3, 0.4) is 0 Å². The number of hydrogen-bond donors (Lipinski definition) is 1. The molecule has 4 nitrogen and oxygen atoms in total. The van der Waals surface area contributed by atoms with Crippen molar-refractivity contribution in [2.24, 2.45) is 5.92 Å². The summed E-state index contributed by atoms with van der Waals surface area (Å²) in [7, 11) is -1.03. The lowest BCUT2D eigenvalue weighted by Gasteiger charge is -2.22. The summed E-state index contributed by atoms with van der Waals surface area (Å²) in [6.45, 7) is 8.55. The fraction of sp³-hybridized carbons (Fsp3) is 0.625. The Hall–Kier alpha value is -1.07. The normalized spacial score (nSPS) is 16.8. The minimum atomic E-state index is -1.03. The van der Waals surface area contributed by atoms with Gasteiger partial charge in [0.1, 0.15) is 13.2 Å². The van der Waals surface area contributed by atoms with E-state index in [4.69, 9.17) is 9.47 Å². The molecule has 1 heterocycles. The molecule has 1 aromatic carbocycles. The Balaban J connectivity index is 2.04. The molecule has 0 radical (unpaired) electrons. The molecule has 2 rings (SSSR count). The van der Waals surface area contributed by atoms with Crippen LogP contribution >= 0.6 is 0 Å². The number of rotatable bonds is 7. The maximum absolute atomic E-state index is 12.6. The average Bonchev–Trinajstić information content (AvgIpc) is 2.50. The number of nitrogens with one attached hydrogen (secondary N) is 1. The van der Waals surface area contributed by atoms with Gasteiger partial charge in [-0.3, -0.25) is 4.21 Å². The van der Waals surface area contributed by atoms with Crippen LogP contribution in [-0.4, -0.2) is 35.8 Å². The van der Waals surface area contributed by atoms with Crippen LogP contribution in [0.15, 0.2) is 23.1 Å². The van der Waals surface area contributed by atoms with Crippen LogP contribution < -0.4 is 14.8 Å². The summed E-state index contributed by atoms with van der Waals surface area (Å²) in [5, 5.41) is 3.48. The van der Waals surface area contributed by atoms with Gasteiger partial charge in [0.25, 0.3) is 0 Å². The molecule has 21 heavy (non-hydrogen) atoms. The van der Waals surface area contributed by atoms with Crippen molar-refractivity contribution >= 4 is 10.8 Å². The Kier molecular flexibility index (Phi) is 6.06. The minimum Gasteiger partial charge on any atom is -0.486 e. The van der Waals surface area contributed by atoms with Gasteiger partial charge in [0.05, 0.1) is 10.8 Å². The van der Waals surface area contributed by atoms with Crippen molar-refractivity contribution in [3.05, 3.63) is 18.2 Å². The van der Waals surface area contributed by atoms with E-state index in [1.54, 1.807) is 0 Å². The molecule has 0 fully saturated rings. The summed E-state index contributed by atoms with van der Waals surface area (Å²) in [5.74, 6) is 2.52. The quantitative estimate of drug-likeness (QED) is 0.841. The smallest absolute Gasteiger partial charge is 0.162 e. The van der Waals surface area contributed by atoms with Crippen LogP contribution in [0.1, 0.15) is 27.2 Å². The van der Waals surface area contributed by atoms with E-state index in [1.807, 2.05) is 18.2 Å². The topological polar surface area (TPSA) is 47.6 Å². The molecular weight excluding hydrogens is 286 g/mol. The summed E-state index contributed by atoms with van der Waals surface area (Å²) >= 11 is 0. The lowest BCUT2D eigenvalue weighted by Crippen LogP contribution is -2.38. The Morgan fingerprint density at radius 3 is 2.62 bits per heavy atom. The minimum absolute atomic E-state index is 0.263. The molecule has 1 N–H and O–H groups in total. The van der Waals surface area contributed by atoms with Gasteiger partial charge in [0, 0.05) is 22.8 Å². The zero-order valence-electron chi connectivity index (χ0n) is 13.1. The lowest BCUT2D eigenvalue weighted by atomic mass is 10.1. The fourth-order valence-electron chi connectivity index (χ4n) is 2.24. The van der Waals surface area contributed by atoms with E-state index in [2.05, 4.69) is 26.1 Å². The molecule has 0 saturated heterocycles. The number of benzene rings is 1. The second kappa shape index (κ2) is 7.80. The SMILES string of the molecule is CCCNC(CS(=O)c1ccc2c(c1)OCCO2)C(C)C. The van der Waals surface area contributed by atoms with Crippen molar-refractivity contribution < 1.29 is 13.7 Å². The summed E-state index contributed by atoms with van der Waals surface area (Å²) in [5.41, 5.74) is 0. The van der Waals surface area contributed by atoms with Crippen molar-refractivity contribution in [1.82, 2.24) is 5.32 Å². The van der Waals surface area contributed by atoms with Gasteiger partial charge in [0.15, 0.2) is 11.5 Å². The first-order chi connectivity index (χ1) is 10.1. The van der Waals surface area contributed by atoms with Crippen molar-refractivity contribution in [2.45, 2.75) is 38.1 Å². The van der Waals surface area contributed by atoms with Gasteiger partial charge in [-0.1, -0.05) is 20.8 Å². The molecule has 0 spiro atoms. The highest BCUT2D eigenvalue weighted by Crippen LogP contribution is 2.32. The van der Waals surface area contributed by atoms with Gasteiger partial charge in [-0.2, -0.15) is 0 Å². The maximum atomic E-state index is 12.6. The molecule has 5 heteroatoms. The van der Waals surface area contributed by atoms with Crippen LogP contribution in [0.4, 0.5) is 0 Å². The maximum Gasteiger partial charge on any atom is 0.162 e. The largest absolute Gasteiger partial charge is 0.486 e. The van der Waals surface area contributed by atoms with E-state index in [1.165, 1.54) is 0 Å². The standard InChI is InChI=1S/C16H25NO3S/c1-4-7-17-14(12(2)3)11-21(18)13-5-6-15-16(10-13)20-9-8-19-15/h5-6,10,12,14,17H,4,7-9,11H2,1-3H3. The van der Waals surface area contributed by atoms with Gasteiger partial charge < -0.3 is 14.8 Å². The van der Waals surface area contributed by atoms with Crippen LogP contribution in [0.5, 0.6) is 11.5 Å². The zero-order chi connectivity index (χ0) is 15.2. The summed E-state index contributed by atoms with van der Waals surface area (Å²) in [6.07, 6.45) is 1.08. The molecule has 1 aliphatic heterocycles. The molecule has 2 atom stereocenters. The monoisotopic (exact) mass is 311 g/mol. The lowest BCUT2D eigenvalue weighted by molar-refractivity contribution is 0.171. The van der Waals surface area contributed by atoms with E-state index in [0.29, 0.717) is 30.6 Å². The van der Waals surface area contributed by atoms with Gasteiger partial charge >= 0.3 is 0 Å².